The molecule has 0 saturated heterocycles. The molecule has 0 spiro atoms. The van der Waals surface area contributed by atoms with Crippen LogP contribution in [0.25, 0.3) is 0 Å². The zero-order valence-corrected chi connectivity index (χ0v) is 6.50. The minimum atomic E-state index is 0.733. The van der Waals surface area contributed by atoms with Gasteiger partial charge in [0.2, 0.25) is 0 Å². The molecule has 0 bridgehead atoms. The third-order valence-electron chi connectivity index (χ3n) is 1.37. The van der Waals surface area contributed by atoms with Gasteiger partial charge in [-0.2, -0.15) is 0 Å². The second kappa shape index (κ2) is 3.42. The van der Waals surface area contributed by atoms with E-state index >= 15 is 0 Å². The molecule has 0 radical (unpaired) electrons. The Balaban J connectivity index is 2.42. The van der Waals surface area contributed by atoms with E-state index in [0.29, 0.717) is 0 Å². The average Bonchev–Trinajstić information content (AvgIpc) is 2.31. The molecule has 1 aromatic rings. The molecule has 2 nitrogen and oxygen atoms in total. The number of hydrogen-bond donors (Lipinski definition) is 0. The van der Waals surface area contributed by atoms with Gasteiger partial charge in [-0.15, -0.1) is 0 Å². The van der Waals surface area contributed by atoms with Crippen LogP contribution in [0.5, 0.6) is 0 Å². The molecule has 0 aliphatic carbocycles. The molecule has 0 saturated carbocycles. The second-order valence-corrected chi connectivity index (χ2v) is 2.32. The van der Waals surface area contributed by atoms with Crippen molar-refractivity contribution in [1.82, 2.24) is 4.57 Å². The molecule has 0 aliphatic heterocycles. The van der Waals surface area contributed by atoms with Crippen molar-refractivity contribution in [1.29, 1.82) is 0 Å². The van der Waals surface area contributed by atoms with Gasteiger partial charge in [-0.05, 0) is 18.6 Å². The van der Waals surface area contributed by atoms with E-state index in [9.17, 15) is 0 Å². The summed E-state index contributed by atoms with van der Waals surface area (Å²) in [7, 11) is 2.01. The fourth-order valence-electron chi connectivity index (χ4n) is 0.866. The predicted octanol–water partition coefficient (Wildman–Crippen LogP) is 1.56. The zero-order chi connectivity index (χ0) is 7.40. The first-order valence-electron chi connectivity index (χ1n) is 3.51. The second-order valence-electron chi connectivity index (χ2n) is 2.32. The molecule has 0 aromatic carbocycles. The average molecular weight is 139 g/mol. The van der Waals surface area contributed by atoms with E-state index in [-0.39, 0.29) is 0 Å². The van der Waals surface area contributed by atoms with Crippen LogP contribution >= 0.6 is 0 Å². The Hall–Kier alpha value is -0.760. The SMILES string of the molecule is CCOCc1ccn(C)c1. The van der Waals surface area contributed by atoms with Crippen LogP contribution < -0.4 is 0 Å². The molecule has 2 heteroatoms. The highest BCUT2D eigenvalue weighted by Gasteiger charge is 1.91. The molecular weight excluding hydrogens is 126 g/mol. The van der Waals surface area contributed by atoms with Gasteiger partial charge < -0.3 is 9.30 Å². The summed E-state index contributed by atoms with van der Waals surface area (Å²) in [6.07, 6.45) is 4.09. The Bertz CT molecular complexity index is 193. The van der Waals surface area contributed by atoms with Gasteiger partial charge in [0.1, 0.15) is 0 Å². The summed E-state index contributed by atoms with van der Waals surface area (Å²) in [5, 5.41) is 0. The quantitative estimate of drug-likeness (QED) is 0.620. The first kappa shape index (κ1) is 7.35. The van der Waals surface area contributed by atoms with E-state index < -0.39 is 0 Å². The Morgan fingerprint density at radius 1 is 1.60 bits per heavy atom. The number of aromatic nitrogens is 1. The van der Waals surface area contributed by atoms with Crippen LogP contribution in [0.3, 0.4) is 0 Å². The van der Waals surface area contributed by atoms with Gasteiger partial charge in [-0.1, -0.05) is 0 Å². The largest absolute Gasteiger partial charge is 0.377 e. The first-order valence-corrected chi connectivity index (χ1v) is 3.51. The summed E-state index contributed by atoms with van der Waals surface area (Å²) in [5.74, 6) is 0. The third kappa shape index (κ3) is 1.88. The van der Waals surface area contributed by atoms with Gasteiger partial charge >= 0.3 is 0 Å². The topological polar surface area (TPSA) is 14.2 Å². The maximum atomic E-state index is 5.22. The highest BCUT2D eigenvalue weighted by atomic mass is 16.5. The van der Waals surface area contributed by atoms with Crippen LogP contribution in [0.4, 0.5) is 0 Å². The number of aryl methyl sites for hydroxylation is 1. The monoisotopic (exact) mass is 139 g/mol. The van der Waals surface area contributed by atoms with Crippen molar-refractivity contribution in [3.8, 4) is 0 Å². The van der Waals surface area contributed by atoms with Crippen molar-refractivity contribution in [2.24, 2.45) is 7.05 Å². The summed E-state index contributed by atoms with van der Waals surface area (Å²) in [5.41, 5.74) is 1.24. The van der Waals surface area contributed by atoms with Crippen LogP contribution in [-0.4, -0.2) is 11.2 Å². The Kier molecular flexibility index (Phi) is 2.51. The Morgan fingerprint density at radius 2 is 2.40 bits per heavy atom. The van der Waals surface area contributed by atoms with Crippen molar-refractivity contribution in [3.05, 3.63) is 24.0 Å². The van der Waals surface area contributed by atoms with Crippen LogP contribution in [0.15, 0.2) is 18.5 Å². The molecule has 0 atom stereocenters. The highest BCUT2D eigenvalue weighted by Crippen LogP contribution is 2.00. The molecular formula is C8H13NO. The first-order chi connectivity index (χ1) is 4.83. The van der Waals surface area contributed by atoms with Crippen molar-refractivity contribution < 1.29 is 4.74 Å². The van der Waals surface area contributed by atoms with E-state index in [1.807, 2.05) is 24.7 Å². The lowest BCUT2D eigenvalue weighted by atomic mass is 10.4. The zero-order valence-electron chi connectivity index (χ0n) is 6.50. The molecule has 0 N–H and O–H groups in total. The molecule has 10 heavy (non-hydrogen) atoms. The summed E-state index contributed by atoms with van der Waals surface area (Å²) < 4.78 is 7.24. The fraction of sp³-hybridized carbons (Fsp3) is 0.500. The number of hydrogen-bond acceptors (Lipinski definition) is 1. The van der Waals surface area contributed by atoms with Gasteiger partial charge in [0, 0.05) is 26.0 Å². The van der Waals surface area contributed by atoms with E-state index in [4.69, 9.17) is 4.74 Å². The van der Waals surface area contributed by atoms with Crippen molar-refractivity contribution >= 4 is 0 Å². The smallest absolute Gasteiger partial charge is 0.0731 e. The molecule has 0 unspecified atom stereocenters. The van der Waals surface area contributed by atoms with E-state index in [2.05, 4.69) is 12.3 Å². The number of rotatable bonds is 3. The summed E-state index contributed by atoms with van der Waals surface area (Å²) in [4.78, 5) is 0. The van der Waals surface area contributed by atoms with Gasteiger partial charge in [-0.3, -0.25) is 0 Å². The highest BCUT2D eigenvalue weighted by molar-refractivity contribution is 5.08. The Labute approximate surface area is 61.4 Å². The maximum Gasteiger partial charge on any atom is 0.0731 e. The Morgan fingerprint density at radius 3 is 2.90 bits per heavy atom. The molecule has 0 fully saturated rings. The van der Waals surface area contributed by atoms with Gasteiger partial charge in [-0.25, -0.2) is 0 Å². The van der Waals surface area contributed by atoms with Gasteiger partial charge in [0.15, 0.2) is 0 Å². The number of ether oxygens (including phenoxy) is 1. The normalized spacial score (nSPS) is 10.2. The van der Waals surface area contributed by atoms with Crippen LogP contribution in [-0.2, 0) is 18.4 Å². The van der Waals surface area contributed by atoms with E-state index in [0.717, 1.165) is 13.2 Å². The minimum Gasteiger partial charge on any atom is -0.377 e. The van der Waals surface area contributed by atoms with Gasteiger partial charge in [0.25, 0.3) is 0 Å². The maximum absolute atomic E-state index is 5.22. The predicted molar refractivity (Wildman–Crippen MR) is 40.7 cm³/mol. The number of nitrogens with zero attached hydrogens (tertiary/aromatic N) is 1. The molecule has 1 rings (SSSR count). The third-order valence-corrected chi connectivity index (χ3v) is 1.37. The molecule has 1 aromatic heterocycles. The van der Waals surface area contributed by atoms with Gasteiger partial charge in [0.05, 0.1) is 6.61 Å². The lowest BCUT2D eigenvalue weighted by Crippen LogP contribution is -1.89. The minimum absolute atomic E-state index is 0.733. The van der Waals surface area contributed by atoms with E-state index in [1.54, 1.807) is 0 Å². The van der Waals surface area contributed by atoms with Crippen LogP contribution in [0.2, 0.25) is 0 Å². The van der Waals surface area contributed by atoms with Crippen LogP contribution in [0.1, 0.15) is 12.5 Å². The standard InChI is InChI=1S/C8H13NO/c1-3-10-7-8-4-5-9(2)6-8/h4-6H,3,7H2,1-2H3. The molecule has 1 heterocycles. The molecule has 56 valence electrons. The molecule has 0 aliphatic rings. The fourth-order valence-corrected chi connectivity index (χ4v) is 0.866. The summed E-state index contributed by atoms with van der Waals surface area (Å²) >= 11 is 0. The van der Waals surface area contributed by atoms with Crippen molar-refractivity contribution in [2.75, 3.05) is 6.61 Å². The molecule has 0 amide bonds. The lowest BCUT2D eigenvalue weighted by Gasteiger charge is -1.95. The summed E-state index contributed by atoms with van der Waals surface area (Å²) in [6.45, 7) is 3.52. The van der Waals surface area contributed by atoms with Crippen molar-refractivity contribution in [2.45, 2.75) is 13.5 Å². The lowest BCUT2D eigenvalue weighted by molar-refractivity contribution is 0.134. The van der Waals surface area contributed by atoms with E-state index in [1.165, 1.54) is 5.56 Å². The van der Waals surface area contributed by atoms with Crippen molar-refractivity contribution in [3.63, 3.8) is 0 Å². The van der Waals surface area contributed by atoms with Crippen LogP contribution in [0, 0.1) is 0 Å². The summed E-state index contributed by atoms with van der Waals surface area (Å²) in [6, 6.07) is 2.07.